The smallest absolute Gasteiger partial charge is 0.224 e. The topological polar surface area (TPSA) is 46.2 Å². The molecule has 2 rings (SSSR count). The number of rotatable bonds is 3. The average molecular weight is 259 g/mol. The third kappa shape index (κ3) is 2.86. The number of ketones is 1. The summed E-state index contributed by atoms with van der Waals surface area (Å²) >= 11 is 0. The standard InChI is InChI=1S/C16H21NO2/c1-4-16(2,3)15(19)12-8-9-13-11(10-12)6-5-7-14(18)17-13/h8-10H,4-7H2,1-3H3,(H,17,18). The predicted molar refractivity (Wildman–Crippen MR) is 76.4 cm³/mol. The molecule has 19 heavy (non-hydrogen) atoms. The molecule has 1 aromatic carbocycles. The molecule has 0 aliphatic carbocycles. The third-order valence-corrected chi connectivity index (χ3v) is 3.99. The number of carbonyl (C=O) groups excluding carboxylic acids is 2. The van der Waals surface area contributed by atoms with E-state index in [2.05, 4.69) is 5.32 Å². The van der Waals surface area contributed by atoms with Crippen LogP contribution >= 0.6 is 0 Å². The number of hydrogen-bond acceptors (Lipinski definition) is 2. The lowest BCUT2D eigenvalue weighted by atomic mass is 9.81. The van der Waals surface area contributed by atoms with E-state index in [0.29, 0.717) is 6.42 Å². The molecule has 3 heteroatoms. The number of hydrogen-bond donors (Lipinski definition) is 1. The molecule has 1 aromatic rings. The lowest BCUT2D eigenvalue weighted by molar-refractivity contribution is -0.116. The van der Waals surface area contributed by atoms with Crippen molar-refractivity contribution in [1.82, 2.24) is 0 Å². The highest BCUT2D eigenvalue weighted by Crippen LogP contribution is 2.29. The van der Waals surface area contributed by atoms with E-state index >= 15 is 0 Å². The van der Waals surface area contributed by atoms with Crippen LogP contribution in [0.1, 0.15) is 56.0 Å². The zero-order valence-electron chi connectivity index (χ0n) is 11.9. The highest BCUT2D eigenvalue weighted by molar-refractivity contribution is 6.01. The molecule has 0 fully saturated rings. The van der Waals surface area contributed by atoms with Gasteiger partial charge >= 0.3 is 0 Å². The Hall–Kier alpha value is -1.64. The molecule has 1 aliphatic rings. The van der Waals surface area contributed by atoms with Gasteiger partial charge in [0.25, 0.3) is 0 Å². The van der Waals surface area contributed by atoms with Crippen LogP contribution < -0.4 is 5.32 Å². The zero-order chi connectivity index (χ0) is 14.0. The molecule has 1 heterocycles. The number of anilines is 1. The minimum atomic E-state index is -0.331. The molecule has 102 valence electrons. The maximum Gasteiger partial charge on any atom is 0.224 e. The van der Waals surface area contributed by atoms with E-state index in [4.69, 9.17) is 0 Å². The van der Waals surface area contributed by atoms with E-state index in [-0.39, 0.29) is 17.1 Å². The summed E-state index contributed by atoms with van der Waals surface area (Å²) in [5.74, 6) is 0.236. The second-order valence-corrected chi connectivity index (χ2v) is 5.84. The molecule has 3 nitrogen and oxygen atoms in total. The first-order valence-electron chi connectivity index (χ1n) is 6.91. The summed E-state index contributed by atoms with van der Waals surface area (Å²) in [4.78, 5) is 23.9. The Morgan fingerprint density at radius 1 is 1.32 bits per heavy atom. The molecule has 0 bridgehead atoms. The first-order chi connectivity index (χ1) is 8.94. The molecule has 1 N–H and O–H groups in total. The molecule has 0 aromatic heterocycles. The summed E-state index contributed by atoms with van der Waals surface area (Å²) in [7, 11) is 0. The minimum Gasteiger partial charge on any atom is -0.326 e. The van der Waals surface area contributed by atoms with Gasteiger partial charge in [0.1, 0.15) is 0 Å². The molecular formula is C16H21NO2. The van der Waals surface area contributed by atoms with Crippen LogP contribution in [-0.4, -0.2) is 11.7 Å². The van der Waals surface area contributed by atoms with Gasteiger partial charge in [-0.2, -0.15) is 0 Å². The van der Waals surface area contributed by atoms with E-state index in [1.807, 2.05) is 39.0 Å². The van der Waals surface area contributed by atoms with Crippen molar-refractivity contribution in [2.24, 2.45) is 5.41 Å². The predicted octanol–water partition coefficient (Wildman–Crippen LogP) is 3.58. The van der Waals surface area contributed by atoms with Crippen molar-refractivity contribution >= 4 is 17.4 Å². The van der Waals surface area contributed by atoms with Gasteiger partial charge in [0.05, 0.1) is 0 Å². The molecule has 0 atom stereocenters. The second kappa shape index (κ2) is 5.16. The van der Waals surface area contributed by atoms with Crippen LogP contribution in [0.2, 0.25) is 0 Å². The van der Waals surface area contributed by atoms with Crippen molar-refractivity contribution in [2.45, 2.75) is 46.5 Å². The van der Waals surface area contributed by atoms with Crippen molar-refractivity contribution in [3.8, 4) is 0 Å². The SMILES string of the molecule is CCC(C)(C)C(=O)c1ccc2c(c1)CCCC(=O)N2. The van der Waals surface area contributed by atoms with E-state index in [0.717, 1.165) is 36.1 Å². The van der Waals surface area contributed by atoms with Gasteiger partial charge in [-0.1, -0.05) is 20.8 Å². The number of amides is 1. The Balaban J connectivity index is 2.34. The van der Waals surface area contributed by atoms with Crippen LogP contribution in [0.15, 0.2) is 18.2 Å². The number of Topliss-reactive ketones (excluding diaryl/α,β-unsaturated/α-hetero) is 1. The number of carbonyl (C=O) groups is 2. The number of nitrogens with one attached hydrogen (secondary N) is 1. The molecule has 1 aliphatic heterocycles. The number of fused-ring (bicyclic) bond motifs is 1. The highest BCUT2D eigenvalue weighted by Gasteiger charge is 2.27. The van der Waals surface area contributed by atoms with Crippen LogP contribution in [-0.2, 0) is 11.2 Å². The number of aryl methyl sites for hydroxylation is 1. The van der Waals surface area contributed by atoms with E-state index in [1.54, 1.807) is 0 Å². The fraction of sp³-hybridized carbons (Fsp3) is 0.500. The van der Waals surface area contributed by atoms with Crippen molar-refractivity contribution in [3.63, 3.8) is 0 Å². The fourth-order valence-corrected chi connectivity index (χ4v) is 2.27. The van der Waals surface area contributed by atoms with Crippen LogP contribution in [0.4, 0.5) is 5.69 Å². The van der Waals surface area contributed by atoms with Gasteiger partial charge in [0.15, 0.2) is 5.78 Å². The summed E-state index contributed by atoms with van der Waals surface area (Å²) in [6.45, 7) is 5.98. The molecule has 0 radical (unpaired) electrons. The fourth-order valence-electron chi connectivity index (χ4n) is 2.27. The molecule has 0 saturated heterocycles. The van der Waals surface area contributed by atoms with Gasteiger partial charge in [-0.25, -0.2) is 0 Å². The van der Waals surface area contributed by atoms with E-state index in [1.165, 1.54) is 0 Å². The summed E-state index contributed by atoms with van der Waals surface area (Å²) in [6, 6.07) is 5.63. The van der Waals surface area contributed by atoms with Crippen LogP contribution in [0.25, 0.3) is 0 Å². The third-order valence-electron chi connectivity index (χ3n) is 3.99. The minimum absolute atomic E-state index is 0.0618. The Labute approximate surface area is 114 Å². The lowest BCUT2D eigenvalue weighted by Crippen LogP contribution is -2.23. The number of benzene rings is 1. The van der Waals surface area contributed by atoms with Crippen molar-refractivity contribution in [3.05, 3.63) is 29.3 Å². The van der Waals surface area contributed by atoms with Crippen molar-refractivity contribution in [1.29, 1.82) is 0 Å². The van der Waals surface area contributed by atoms with Gasteiger partial charge < -0.3 is 5.32 Å². The van der Waals surface area contributed by atoms with Gasteiger partial charge in [-0.15, -0.1) is 0 Å². The van der Waals surface area contributed by atoms with E-state index in [9.17, 15) is 9.59 Å². The average Bonchev–Trinajstić information content (AvgIpc) is 2.57. The van der Waals surface area contributed by atoms with Crippen LogP contribution in [0.5, 0.6) is 0 Å². The summed E-state index contributed by atoms with van der Waals surface area (Å²) in [6.07, 6.45) is 3.06. The molecule has 0 spiro atoms. The van der Waals surface area contributed by atoms with Gasteiger partial charge in [0, 0.05) is 23.1 Å². The quantitative estimate of drug-likeness (QED) is 0.843. The summed E-state index contributed by atoms with van der Waals surface area (Å²) < 4.78 is 0. The van der Waals surface area contributed by atoms with Crippen molar-refractivity contribution < 1.29 is 9.59 Å². The maximum atomic E-state index is 12.4. The van der Waals surface area contributed by atoms with Crippen molar-refractivity contribution in [2.75, 3.05) is 5.32 Å². The second-order valence-electron chi connectivity index (χ2n) is 5.84. The largest absolute Gasteiger partial charge is 0.326 e. The van der Waals surface area contributed by atoms with Crippen LogP contribution in [0, 0.1) is 5.41 Å². The molecule has 1 amide bonds. The first-order valence-corrected chi connectivity index (χ1v) is 6.91. The van der Waals surface area contributed by atoms with Gasteiger partial charge in [0.2, 0.25) is 5.91 Å². The monoisotopic (exact) mass is 259 g/mol. The van der Waals surface area contributed by atoms with E-state index < -0.39 is 0 Å². The van der Waals surface area contributed by atoms with Gasteiger partial charge in [-0.05, 0) is 43.0 Å². The summed E-state index contributed by atoms with van der Waals surface area (Å²) in [5.41, 5.74) is 2.35. The Kier molecular flexibility index (Phi) is 3.74. The molecule has 0 saturated carbocycles. The first kappa shape index (κ1) is 13.8. The zero-order valence-corrected chi connectivity index (χ0v) is 11.9. The van der Waals surface area contributed by atoms with Crippen LogP contribution in [0.3, 0.4) is 0 Å². The molecule has 0 unspecified atom stereocenters. The maximum absolute atomic E-state index is 12.4. The Morgan fingerprint density at radius 3 is 2.74 bits per heavy atom. The summed E-state index contributed by atoms with van der Waals surface area (Å²) in [5, 5.41) is 2.89. The van der Waals surface area contributed by atoms with Gasteiger partial charge in [-0.3, -0.25) is 9.59 Å². The Morgan fingerprint density at radius 2 is 2.05 bits per heavy atom. The highest BCUT2D eigenvalue weighted by atomic mass is 16.1. The normalized spacial score (nSPS) is 15.4. The molecular weight excluding hydrogens is 238 g/mol. The lowest BCUT2D eigenvalue weighted by Gasteiger charge is -2.21. The Bertz CT molecular complexity index is 517.